The van der Waals surface area contributed by atoms with E-state index in [1.807, 2.05) is 13.8 Å². The zero-order valence-corrected chi connectivity index (χ0v) is 13.6. The fourth-order valence-electron chi connectivity index (χ4n) is 2.11. The van der Waals surface area contributed by atoms with E-state index >= 15 is 0 Å². The number of esters is 1. The molecule has 1 aromatic carbocycles. The second kappa shape index (κ2) is 8.11. The number of anilines is 1. The van der Waals surface area contributed by atoms with Gasteiger partial charge >= 0.3 is 5.97 Å². The van der Waals surface area contributed by atoms with E-state index in [9.17, 15) is 19.7 Å². The lowest BCUT2D eigenvalue weighted by atomic mass is 10.0. The van der Waals surface area contributed by atoms with E-state index in [-0.39, 0.29) is 22.9 Å². The SMILES string of the molecule is CNC(=O)c1ccc(NC(CC(C)C)C(=O)OC)c([N+](=O)[O-])c1. The lowest BCUT2D eigenvalue weighted by molar-refractivity contribution is -0.384. The summed E-state index contributed by atoms with van der Waals surface area (Å²) in [6, 6.07) is 3.34. The zero-order valence-electron chi connectivity index (χ0n) is 13.6. The normalized spacial score (nSPS) is 11.7. The van der Waals surface area contributed by atoms with Crippen molar-refractivity contribution in [2.24, 2.45) is 5.92 Å². The first-order valence-corrected chi connectivity index (χ1v) is 7.15. The molecule has 0 aliphatic heterocycles. The Bertz CT molecular complexity index is 601. The zero-order chi connectivity index (χ0) is 17.6. The van der Waals surface area contributed by atoms with E-state index < -0.39 is 22.8 Å². The summed E-state index contributed by atoms with van der Waals surface area (Å²) < 4.78 is 4.73. The second-order valence-electron chi connectivity index (χ2n) is 5.42. The fraction of sp³-hybridized carbons (Fsp3) is 0.467. The van der Waals surface area contributed by atoms with E-state index in [0.717, 1.165) is 0 Å². The minimum atomic E-state index is -0.704. The summed E-state index contributed by atoms with van der Waals surface area (Å²) >= 11 is 0. The topological polar surface area (TPSA) is 111 Å². The Labute approximate surface area is 134 Å². The smallest absolute Gasteiger partial charge is 0.328 e. The minimum absolute atomic E-state index is 0.165. The van der Waals surface area contributed by atoms with Crippen LogP contribution in [0.2, 0.25) is 0 Å². The van der Waals surface area contributed by atoms with Gasteiger partial charge in [-0.05, 0) is 24.5 Å². The number of nitrogens with zero attached hydrogens (tertiary/aromatic N) is 1. The van der Waals surface area contributed by atoms with Crippen LogP contribution in [0.15, 0.2) is 18.2 Å². The van der Waals surface area contributed by atoms with Gasteiger partial charge in [0.25, 0.3) is 11.6 Å². The van der Waals surface area contributed by atoms with Crippen molar-refractivity contribution in [2.45, 2.75) is 26.3 Å². The first-order valence-electron chi connectivity index (χ1n) is 7.15. The third-order valence-electron chi connectivity index (χ3n) is 3.21. The fourth-order valence-corrected chi connectivity index (χ4v) is 2.11. The summed E-state index contributed by atoms with van der Waals surface area (Å²) in [5, 5.41) is 16.5. The van der Waals surface area contributed by atoms with Crippen LogP contribution in [0.1, 0.15) is 30.6 Å². The van der Waals surface area contributed by atoms with Crippen LogP contribution in [-0.2, 0) is 9.53 Å². The molecule has 0 saturated heterocycles. The van der Waals surface area contributed by atoms with E-state index in [0.29, 0.717) is 6.42 Å². The first-order chi connectivity index (χ1) is 10.8. The summed E-state index contributed by atoms with van der Waals surface area (Å²) in [4.78, 5) is 34.1. The van der Waals surface area contributed by atoms with Gasteiger partial charge in [0.2, 0.25) is 0 Å². The van der Waals surface area contributed by atoms with Gasteiger partial charge in [-0.15, -0.1) is 0 Å². The molecular formula is C15H21N3O5. The van der Waals surface area contributed by atoms with Gasteiger partial charge in [-0.2, -0.15) is 0 Å². The highest BCUT2D eigenvalue weighted by Crippen LogP contribution is 2.27. The molecule has 0 spiro atoms. The number of ether oxygens (including phenoxy) is 1. The molecule has 0 fully saturated rings. The van der Waals surface area contributed by atoms with Crippen molar-refractivity contribution < 1.29 is 19.2 Å². The van der Waals surface area contributed by atoms with Crippen molar-refractivity contribution in [3.63, 3.8) is 0 Å². The number of benzene rings is 1. The monoisotopic (exact) mass is 323 g/mol. The predicted molar refractivity (Wildman–Crippen MR) is 85.4 cm³/mol. The van der Waals surface area contributed by atoms with Gasteiger partial charge in [0.05, 0.1) is 12.0 Å². The number of nitrogens with one attached hydrogen (secondary N) is 2. The first kappa shape index (κ1) is 18.4. The van der Waals surface area contributed by atoms with E-state index in [2.05, 4.69) is 10.6 Å². The van der Waals surface area contributed by atoms with Crippen LogP contribution >= 0.6 is 0 Å². The highest BCUT2D eigenvalue weighted by molar-refractivity contribution is 5.95. The molecule has 0 aliphatic carbocycles. The van der Waals surface area contributed by atoms with Crippen LogP contribution in [0.3, 0.4) is 0 Å². The maximum Gasteiger partial charge on any atom is 0.328 e. The maximum atomic E-state index is 11.8. The van der Waals surface area contributed by atoms with Crippen molar-refractivity contribution in [2.75, 3.05) is 19.5 Å². The van der Waals surface area contributed by atoms with Crippen LogP contribution in [0.5, 0.6) is 0 Å². The standard InChI is InChI=1S/C15H21N3O5/c1-9(2)7-12(15(20)23-4)17-11-6-5-10(14(19)16-3)8-13(11)18(21)22/h5-6,8-9,12,17H,7H2,1-4H3,(H,16,19). The Hall–Kier alpha value is -2.64. The molecule has 1 rings (SSSR count). The third-order valence-corrected chi connectivity index (χ3v) is 3.21. The van der Waals surface area contributed by atoms with Crippen LogP contribution in [0.25, 0.3) is 0 Å². The number of nitro groups is 1. The molecule has 0 radical (unpaired) electrons. The molecule has 1 amide bonds. The molecule has 1 atom stereocenters. The van der Waals surface area contributed by atoms with Gasteiger partial charge in [0, 0.05) is 18.7 Å². The van der Waals surface area contributed by atoms with Crippen molar-refractivity contribution in [3.05, 3.63) is 33.9 Å². The van der Waals surface area contributed by atoms with E-state index in [4.69, 9.17) is 4.74 Å². The number of amides is 1. The average molecular weight is 323 g/mol. The molecule has 126 valence electrons. The van der Waals surface area contributed by atoms with Crippen molar-refractivity contribution in [1.82, 2.24) is 5.32 Å². The summed E-state index contributed by atoms with van der Waals surface area (Å²) in [7, 11) is 2.71. The molecule has 23 heavy (non-hydrogen) atoms. The Balaban J connectivity index is 3.16. The molecule has 1 unspecified atom stereocenters. The Morgan fingerprint density at radius 1 is 1.35 bits per heavy atom. The van der Waals surface area contributed by atoms with Crippen LogP contribution in [0.4, 0.5) is 11.4 Å². The lowest BCUT2D eigenvalue weighted by Gasteiger charge is -2.19. The quantitative estimate of drug-likeness (QED) is 0.451. The second-order valence-corrected chi connectivity index (χ2v) is 5.42. The van der Waals surface area contributed by atoms with Crippen LogP contribution in [-0.4, -0.2) is 37.0 Å². The number of hydrogen-bond donors (Lipinski definition) is 2. The van der Waals surface area contributed by atoms with Crippen LogP contribution < -0.4 is 10.6 Å². The van der Waals surface area contributed by atoms with Crippen molar-refractivity contribution in [1.29, 1.82) is 0 Å². The summed E-state index contributed by atoms with van der Waals surface area (Å²) in [5.74, 6) is -0.731. The van der Waals surface area contributed by atoms with E-state index in [1.165, 1.54) is 32.4 Å². The van der Waals surface area contributed by atoms with Gasteiger partial charge in [-0.25, -0.2) is 4.79 Å². The number of carbonyl (C=O) groups is 2. The van der Waals surface area contributed by atoms with Crippen molar-refractivity contribution in [3.8, 4) is 0 Å². The molecule has 0 saturated carbocycles. The summed E-state index contributed by atoms with van der Waals surface area (Å²) in [6.45, 7) is 3.86. The highest BCUT2D eigenvalue weighted by atomic mass is 16.6. The third kappa shape index (κ3) is 4.94. The van der Waals surface area contributed by atoms with Gasteiger partial charge < -0.3 is 15.4 Å². The molecule has 0 aliphatic rings. The molecule has 1 aromatic rings. The Morgan fingerprint density at radius 3 is 2.48 bits per heavy atom. The Morgan fingerprint density at radius 2 is 2.00 bits per heavy atom. The van der Waals surface area contributed by atoms with Crippen molar-refractivity contribution >= 4 is 23.3 Å². The van der Waals surface area contributed by atoms with E-state index in [1.54, 1.807) is 0 Å². The van der Waals surface area contributed by atoms with Crippen LogP contribution in [0, 0.1) is 16.0 Å². The van der Waals surface area contributed by atoms with Gasteiger partial charge in [0.1, 0.15) is 11.7 Å². The Kier molecular flexibility index (Phi) is 6.49. The maximum absolute atomic E-state index is 11.8. The lowest BCUT2D eigenvalue weighted by Crippen LogP contribution is -2.32. The van der Waals surface area contributed by atoms with Gasteiger partial charge in [-0.3, -0.25) is 14.9 Å². The molecule has 8 nitrogen and oxygen atoms in total. The molecule has 0 heterocycles. The molecule has 8 heteroatoms. The summed E-state index contributed by atoms with van der Waals surface area (Å²) in [5.41, 5.74) is 0.0608. The molecule has 0 bridgehead atoms. The average Bonchev–Trinajstić information content (AvgIpc) is 2.52. The number of carbonyl (C=O) groups excluding carboxylic acids is 2. The highest BCUT2D eigenvalue weighted by Gasteiger charge is 2.25. The molecule has 0 aromatic heterocycles. The molecular weight excluding hydrogens is 302 g/mol. The number of methoxy groups -OCH3 is 1. The largest absolute Gasteiger partial charge is 0.467 e. The number of nitro benzene ring substituents is 1. The van der Waals surface area contributed by atoms with Gasteiger partial charge in [0.15, 0.2) is 0 Å². The minimum Gasteiger partial charge on any atom is -0.467 e. The van der Waals surface area contributed by atoms with Gasteiger partial charge in [-0.1, -0.05) is 13.8 Å². The number of rotatable bonds is 7. The summed E-state index contributed by atoms with van der Waals surface area (Å²) in [6.07, 6.45) is 0.459. The number of hydrogen-bond acceptors (Lipinski definition) is 6. The molecule has 2 N–H and O–H groups in total. The predicted octanol–water partition coefficient (Wildman–Crippen LogP) is 1.95.